The van der Waals surface area contributed by atoms with Crippen LogP contribution in [0.5, 0.6) is 0 Å². The molecule has 2 aliphatic rings. The fourth-order valence-electron chi connectivity index (χ4n) is 6.90. The van der Waals surface area contributed by atoms with Crippen LogP contribution >= 0.6 is 0 Å². The van der Waals surface area contributed by atoms with Crippen LogP contribution in [-0.4, -0.2) is 32.9 Å². The maximum atomic E-state index is 12.2. The largest absolute Gasteiger partial charge is 0.481 e. The second kappa shape index (κ2) is 18.3. The third-order valence-corrected chi connectivity index (χ3v) is 10.2. The highest BCUT2D eigenvalue weighted by Crippen LogP contribution is 2.42. The van der Waals surface area contributed by atoms with E-state index in [2.05, 4.69) is 65.8 Å². The summed E-state index contributed by atoms with van der Waals surface area (Å²) in [7, 11) is 0. The van der Waals surface area contributed by atoms with E-state index in [0.717, 1.165) is 35.1 Å². The number of hydrogen-bond donors (Lipinski definition) is 3. The average molecular weight is 671 g/mol. The molecular weight excluding hydrogens is 608 g/mol. The molecule has 2 unspecified atom stereocenters. The van der Waals surface area contributed by atoms with Crippen molar-refractivity contribution in [3.63, 3.8) is 0 Å². The Morgan fingerprint density at radius 3 is 1.53 bits per heavy atom. The quantitative estimate of drug-likeness (QED) is 0.151. The van der Waals surface area contributed by atoms with Crippen LogP contribution in [-0.2, 0) is 9.59 Å². The van der Waals surface area contributed by atoms with Gasteiger partial charge in [-0.25, -0.2) is 4.79 Å². The molecule has 49 heavy (non-hydrogen) atoms. The van der Waals surface area contributed by atoms with E-state index in [1.807, 2.05) is 57.2 Å². The molecular formula is C44H62O5. The Bertz CT molecular complexity index is 1530. The summed E-state index contributed by atoms with van der Waals surface area (Å²) in [4.78, 5) is 24.5. The first-order valence-electron chi connectivity index (χ1n) is 17.8. The smallest absolute Gasteiger partial charge is 0.336 e. The number of carboxylic acids is 2. The summed E-state index contributed by atoms with van der Waals surface area (Å²) < 4.78 is 0. The first kappa shape index (κ1) is 41.5. The Morgan fingerprint density at radius 2 is 1.14 bits per heavy atom. The molecule has 0 saturated heterocycles. The molecule has 0 aromatic carbocycles. The Hall–Kier alpha value is -3.70. The fourth-order valence-corrected chi connectivity index (χ4v) is 6.90. The summed E-state index contributed by atoms with van der Waals surface area (Å²) in [5.74, 6) is -4.43. The van der Waals surface area contributed by atoms with E-state index in [1.165, 1.54) is 48.0 Å². The van der Waals surface area contributed by atoms with Crippen LogP contribution < -0.4 is 0 Å². The topological polar surface area (TPSA) is 94.8 Å². The van der Waals surface area contributed by atoms with Gasteiger partial charge >= 0.3 is 11.9 Å². The van der Waals surface area contributed by atoms with Crippen LogP contribution in [0.1, 0.15) is 121 Å². The molecule has 5 heteroatoms. The van der Waals surface area contributed by atoms with Crippen molar-refractivity contribution in [3.8, 4) is 0 Å². The van der Waals surface area contributed by atoms with Gasteiger partial charge in [-0.3, -0.25) is 4.79 Å². The predicted octanol–water partition coefficient (Wildman–Crippen LogP) is 11.3. The molecule has 0 aromatic heterocycles. The van der Waals surface area contributed by atoms with E-state index in [-0.39, 0.29) is 23.7 Å². The number of aliphatic hydroxyl groups is 1. The zero-order valence-electron chi connectivity index (χ0n) is 31.8. The lowest BCUT2D eigenvalue weighted by Crippen LogP contribution is -2.48. The van der Waals surface area contributed by atoms with Crippen molar-refractivity contribution in [2.24, 2.45) is 16.7 Å². The van der Waals surface area contributed by atoms with Gasteiger partial charge in [0.1, 0.15) is 0 Å². The van der Waals surface area contributed by atoms with Crippen LogP contribution in [0.2, 0.25) is 0 Å². The van der Waals surface area contributed by atoms with Gasteiger partial charge in [0.15, 0.2) is 5.60 Å². The Labute approximate surface area is 296 Å². The zero-order valence-corrected chi connectivity index (χ0v) is 31.8. The van der Waals surface area contributed by atoms with E-state index in [1.54, 1.807) is 19.1 Å². The van der Waals surface area contributed by atoms with Gasteiger partial charge in [-0.2, -0.15) is 0 Å². The highest BCUT2D eigenvalue weighted by Gasteiger charge is 2.47. The molecule has 0 amide bonds. The van der Waals surface area contributed by atoms with Crippen LogP contribution in [0.15, 0.2) is 117 Å². The molecule has 5 nitrogen and oxygen atoms in total. The van der Waals surface area contributed by atoms with Crippen LogP contribution in [0.3, 0.4) is 0 Å². The molecule has 268 valence electrons. The van der Waals surface area contributed by atoms with E-state index in [9.17, 15) is 24.9 Å². The normalized spacial score (nSPS) is 21.8. The first-order chi connectivity index (χ1) is 22.8. The minimum atomic E-state index is -2.46. The lowest BCUT2D eigenvalue weighted by atomic mass is 9.72. The molecule has 0 aliphatic heterocycles. The molecule has 0 bridgehead atoms. The Morgan fingerprint density at radius 1 is 0.714 bits per heavy atom. The molecule has 0 saturated carbocycles. The number of aliphatic carboxylic acids is 2. The van der Waals surface area contributed by atoms with Crippen LogP contribution in [0.25, 0.3) is 0 Å². The van der Waals surface area contributed by atoms with Gasteiger partial charge in [-0.05, 0) is 108 Å². The third-order valence-electron chi connectivity index (χ3n) is 10.2. The van der Waals surface area contributed by atoms with Crippen molar-refractivity contribution >= 4 is 11.9 Å². The summed E-state index contributed by atoms with van der Waals surface area (Å²) in [5.41, 5.74) is 7.25. The molecule has 3 N–H and O–H groups in total. The molecule has 0 aromatic rings. The van der Waals surface area contributed by atoms with Crippen LogP contribution in [0.4, 0.5) is 0 Å². The monoisotopic (exact) mass is 670 g/mol. The van der Waals surface area contributed by atoms with Gasteiger partial charge in [-0.1, -0.05) is 134 Å². The predicted molar refractivity (Wildman–Crippen MR) is 205 cm³/mol. The summed E-state index contributed by atoms with van der Waals surface area (Å²) in [6.45, 7) is 21.3. The van der Waals surface area contributed by atoms with Gasteiger partial charge in [0.05, 0.1) is 5.92 Å². The Balaban J connectivity index is 2.10. The molecule has 0 spiro atoms. The van der Waals surface area contributed by atoms with Gasteiger partial charge < -0.3 is 15.3 Å². The minimum Gasteiger partial charge on any atom is -0.481 e. The van der Waals surface area contributed by atoms with Gasteiger partial charge in [0.25, 0.3) is 0 Å². The van der Waals surface area contributed by atoms with Gasteiger partial charge in [-0.15, -0.1) is 0 Å². The van der Waals surface area contributed by atoms with E-state index in [4.69, 9.17) is 0 Å². The fraction of sp³-hybridized carbons (Fsp3) is 0.500. The second-order valence-electron chi connectivity index (χ2n) is 15.5. The van der Waals surface area contributed by atoms with Crippen molar-refractivity contribution < 1.29 is 24.9 Å². The van der Waals surface area contributed by atoms with E-state index >= 15 is 0 Å². The van der Waals surface area contributed by atoms with Crippen molar-refractivity contribution in [1.29, 1.82) is 0 Å². The van der Waals surface area contributed by atoms with Gasteiger partial charge in [0.2, 0.25) is 0 Å². The Kier molecular flexibility index (Phi) is 15.5. The second-order valence-corrected chi connectivity index (χ2v) is 15.5. The molecule has 2 rings (SSSR count). The summed E-state index contributed by atoms with van der Waals surface area (Å²) in [6, 6.07) is 0. The number of carbonyl (C=O) groups is 2. The standard InChI is InChI=1S/C44H62O5/c1-31(21-24-37-35(5)19-13-28-42(37,7)8)15-11-16-33(3)23-26-39(40(45)46)44(49,41(47)48)30-27-34(4)18-12-17-32(2)22-25-38-36(6)20-14-29-43(38,9)10/h11-12,15-18,21-25,27,39,49H,13-14,19-20,26,28-30H2,1-10H3,(H,45,46)(H,47,48)/b16-11+,18-12+,24-21+,25-22+,31-15+,32-17+,33-23+,34-27+. The molecule has 0 radical (unpaired) electrons. The molecule has 0 heterocycles. The summed E-state index contributed by atoms with van der Waals surface area (Å²) >= 11 is 0. The number of allylic oxidation sites excluding steroid dienone is 19. The van der Waals surface area contributed by atoms with Crippen molar-refractivity contribution in [2.45, 2.75) is 126 Å². The van der Waals surface area contributed by atoms with Crippen molar-refractivity contribution in [1.82, 2.24) is 0 Å². The average Bonchev–Trinajstić information content (AvgIpc) is 2.98. The molecule has 2 atom stereocenters. The molecule has 2 aliphatic carbocycles. The molecule has 0 fully saturated rings. The summed E-state index contributed by atoms with van der Waals surface area (Å²) in [5, 5.41) is 31.1. The van der Waals surface area contributed by atoms with E-state index < -0.39 is 23.5 Å². The van der Waals surface area contributed by atoms with Crippen molar-refractivity contribution in [2.75, 3.05) is 0 Å². The minimum absolute atomic E-state index is 0.122. The maximum Gasteiger partial charge on any atom is 0.336 e. The maximum absolute atomic E-state index is 12.2. The number of hydrogen-bond acceptors (Lipinski definition) is 3. The van der Waals surface area contributed by atoms with Crippen molar-refractivity contribution in [3.05, 3.63) is 117 Å². The first-order valence-corrected chi connectivity index (χ1v) is 17.8. The summed E-state index contributed by atoms with van der Waals surface area (Å²) in [6.07, 6.45) is 30.0. The van der Waals surface area contributed by atoms with Gasteiger partial charge in [0, 0.05) is 6.42 Å². The number of carboxylic acid groups (broad SMARTS) is 2. The highest BCUT2D eigenvalue weighted by molar-refractivity contribution is 5.86. The highest BCUT2D eigenvalue weighted by atomic mass is 16.4. The zero-order chi connectivity index (χ0) is 37.0. The third kappa shape index (κ3) is 12.6. The number of rotatable bonds is 15. The lowest BCUT2D eigenvalue weighted by Gasteiger charge is -2.33. The van der Waals surface area contributed by atoms with E-state index in [0.29, 0.717) is 0 Å². The SMILES string of the molecule is CC1=C(/C=C/C(C)=C/C=C/C(C)=C/CC(C(=O)O)C(O)(C/C=C(C)/C=C/C=C(C)/C=C/C2=C(C)CCCC2(C)C)C(=O)O)C(C)(C)CCC1. The lowest BCUT2D eigenvalue weighted by molar-refractivity contribution is -0.173. The van der Waals surface area contributed by atoms with Crippen LogP contribution in [0, 0.1) is 16.7 Å².